The highest BCUT2D eigenvalue weighted by Gasteiger charge is 2.17. The van der Waals surface area contributed by atoms with E-state index in [2.05, 4.69) is 273 Å². The lowest BCUT2D eigenvalue weighted by Crippen LogP contribution is -2.14. The molecule has 71 heavy (non-hydrogen) atoms. The molecule has 11 aromatic rings. The minimum absolute atomic E-state index is 0.859. The quantitative estimate of drug-likeness (QED) is 0.108. The van der Waals surface area contributed by atoms with Gasteiger partial charge in [0.15, 0.2) is 0 Å². The van der Waals surface area contributed by atoms with Gasteiger partial charge in [-0.25, -0.2) is 0 Å². The van der Waals surface area contributed by atoms with E-state index in [9.17, 15) is 0 Å². The van der Waals surface area contributed by atoms with Gasteiger partial charge in [0, 0.05) is 50.1 Å². The molecule has 0 N–H and O–H groups in total. The third-order valence-corrected chi connectivity index (χ3v) is 13.5. The summed E-state index contributed by atoms with van der Waals surface area (Å²) in [6.45, 7) is 12.7. The maximum absolute atomic E-state index is 6.51. The van der Waals surface area contributed by atoms with Crippen LogP contribution < -0.4 is 4.90 Å². The van der Waals surface area contributed by atoms with E-state index in [0.29, 0.717) is 0 Å². The van der Waals surface area contributed by atoms with Crippen molar-refractivity contribution >= 4 is 77.9 Å². The SMILES string of the molecule is C=C/C=C\C(=C\c1ccc2oc3c4ccccc4ccc3c2c1)N(/C=C/C=C(\C=C)c1ccccc1-n1c2ccccc2c2ccccc21)c1ccc(-c2ccc(-c3cccc(/C=C\C)c3C)cc2)cc1. The Labute approximate surface area is 415 Å². The number of anilines is 1. The Balaban J connectivity index is 1.00. The molecule has 0 saturated carbocycles. The van der Waals surface area contributed by atoms with Gasteiger partial charge in [-0.2, -0.15) is 0 Å². The second kappa shape index (κ2) is 19.4. The van der Waals surface area contributed by atoms with Crippen molar-refractivity contribution in [2.24, 2.45) is 0 Å². The van der Waals surface area contributed by atoms with E-state index in [-0.39, 0.29) is 0 Å². The highest BCUT2D eigenvalue weighted by Crippen LogP contribution is 2.38. The van der Waals surface area contributed by atoms with Crippen molar-refractivity contribution in [1.29, 1.82) is 0 Å². The average molecular weight is 913 g/mol. The maximum Gasteiger partial charge on any atom is 0.143 e. The van der Waals surface area contributed by atoms with Crippen molar-refractivity contribution in [3.8, 4) is 27.9 Å². The molecule has 0 aliphatic rings. The molecule has 0 aliphatic heterocycles. The lowest BCUT2D eigenvalue weighted by molar-refractivity contribution is 0.672. The van der Waals surface area contributed by atoms with Crippen LogP contribution in [-0.2, 0) is 0 Å². The number of nitrogens with zero attached hydrogens (tertiary/aromatic N) is 2. The van der Waals surface area contributed by atoms with Crippen LogP contribution in [0.5, 0.6) is 0 Å². The highest BCUT2D eigenvalue weighted by atomic mass is 16.3. The van der Waals surface area contributed by atoms with E-state index in [1.165, 1.54) is 33.0 Å². The van der Waals surface area contributed by atoms with Gasteiger partial charge in [0.05, 0.1) is 16.7 Å². The molecule has 0 aliphatic carbocycles. The predicted octanol–water partition coefficient (Wildman–Crippen LogP) is 18.9. The Hall–Kier alpha value is -9.18. The molecule has 3 heteroatoms. The number of allylic oxidation sites excluding steroid dienone is 8. The number of aromatic nitrogens is 1. The van der Waals surface area contributed by atoms with E-state index < -0.39 is 0 Å². The number of para-hydroxylation sites is 3. The second-order valence-electron chi connectivity index (χ2n) is 17.8. The van der Waals surface area contributed by atoms with Gasteiger partial charge >= 0.3 is 0 Å². The van der Waals surface area contributed by atoms with Crippen LogP contribution in [0.25, 0.3) is 100 Å². The first kappa shape index (κ1) is 44.3. The summed E-state index contributed by atoms with van der Waals surface area (Å²) in [7, 11) is 0. The van der Waals surface area contributed by atoms with Crippen LogP contribution in [0.15, 0.2) is 266 Å². The van der Waals surface area contributed by atoms with Crippen molar-refractivity contribution in [3.63, 3.8) is 0 Å². The average Bonchev–Trinajstić information content (AvgIpc) is 3.97. The summed E-state index contributed by atoms with van der Waals surface area (Å²) in [6.07, 6.45) is 20.8. The summed E-state index contributed by atoms with van der Waals surface area (Å²) < 4.78 is 8.88. The molecule has 0 spiro atoms. The number of benzene rings is 9. The van der Waals surface area contributed by atoms with Gasteiger partial charge in [-0.3, -0.25) is 0 Å². The van der Waals surface area contributed by atoms with Gasteiger partial charge in [0.1, 0.15) is 11.2 Å². The number of rotatable bonds is 13. The molecule has 0 atom stereocenters. The smallest absolute Gasteiger partial charge is 0.143 e. The molecule has 0 unspecified atom stereocenters. The molecule has 0 saturated heterocycles. The Morgan fingerprint density at radius 2 is 1.27 bits per heavy atom. The van der Waals surface area contributed by atoms with E-state index in [4.69, 9.17) is 4.42 Å². The standard InChI is InChI=1S/C68H52N2O/c1-5-8-23-56(45-48-32-43-67-63(46-48)62-42-39-53-20-9-10-25-59(53)68(62)71-67)69(55-40-37-52(38-41-55)51-33-35-54(36-34-51)57-28-17-21-50(19-6-2)47(57)4)44-18-22-49(7-3)58-24-11-14-29-64(58)70-65-30-15-12-26-60(65)61-27-13-16-31-66(61)70/h5-46H,1,3H2,2,4H3/b19-6-,23-8-,44-18+,49-22+,56-45-. The largest absolute Gasteiger partial charge is 0.455 e. The summed E-state index contributed by atoms with van der Waals surface area (Å²) in [5.74, 6) is 0. The lowest BCUT2D eigenvalue weighted by Gasteiger charge is -2.23. The Morgan fingerprint density at radius 3 is 2.00 bits per heavy atom. The number of hydrogen-bond acceptors (Lipinski definition) is 2. The lowest BCUT2D eigenvalue weighted by atomic mass is 9.94. The molecule has 11 rings (SSSR count). The van der Waals surface area contributed by atoms with E-state index >= 15 is 0 Å². The Kier molecular flexibility index (Phi) is 12.1. The molecule has 2 heterocycles. The van der Waals surface area contributed by atoms with Crippen LogP contribution in [0.2, 0.25) is 0 Å². The van der Waals surface area contributed by atoms with Gasteiger partial charge < -0.3 is 13.9 Å². The van der Waals surface area contributed by atoms with Crippen LogP contribution in [0.1, 0.15) is 29.2 Å². The Bertz CT molecular complexity index is 3920. The van der Waals surface area contributed by atoms with E-state index in [1.807, 2.05) is 18.2 Å². The van der Waals surface area contributed by atoms with Crippen LogP contribution >= 0.6 is 0 Å². The molecule has 0 amide bonds. The zero-order valence-electron chi connectivity index (χ0n) is 40.0. The van der Waals surface area contributed by atoms with Crippen LogP contribution in [0.3, 0.4) is 0 Å². The van der Waals surface area contributed by atoms with Crippen LogP contribution in [-0.4, -0.2) is 4.57 Å². The molecule has 340 valence electrons. The summed E-state index contributed by atoms with van der Waals surface area (Å²) >= 11 is 0. The van der Waals surface area contributed by atoms with E-state index in [1.54, 1.807) is 0 Å². The fourth-order valence-corrected chi connectivity index (χ4v) is 10.0. The molecular formula is C68H52N2O. The molecule has 0 radical (unpaired) electrons. The highest BCUT2D eigenvalue weighted by molar-refractivity contribution is 6.15. The molecule has 9 aromatic carbocycles. The minimum atomic E-state index is 0.859. The zero-order valence-corrected chi connectivity index (χ0v) is 40.0. The van der Waals surface area contributed by atoms with Gasteiger partial charge in [-0.05, 0) is 131 Å². The van der Waals surface area contributed by atoms with Crippen LogP contribution in [0.4, 0.5) is 5.69 Å². The predicted molar refractivity (Wildman–Crippen MR) is 306 cm³/mol. The van der Waals surface area contributed by atoms with E-state index in [0.717, 1.165) is 88.6 Å². The van der Waals surface area contributed by atoms with Crippen molar-refractivity contribution in [1.82, 2.24) is 4.57 Å². The van der Waals surface area contributed by atoms with Gasteiger partial charge in [-0.1, -0.05) is 195 Å². The van der Waals surface area contributed by atoms with Gasteiger partial charge in [0.25, 0.3) is 0 Å². The summed E-state index contributed by atoms with van der Waals surface area (Å²) in [5.41, 5.74) is 17.5. The third kappa shape index (κ3) is 8.45. The molecule has 2 aromatic heterocycles. The Morgan fingerprint density at radius 1 is 0.592 bits per heavy atom. The molecule has 3 nitrogen and oxygen atoms in total. The van der Waals surface area contributed by atoms with Gasteiger partial charge in [0.2, 0.25) is 0 Å². The number of hydrogen-bond donors (Lipinski definition) is 0. The number of fused-ring (bicyclic) bond motifs is 8. The number of furan rings is 1. The van der Waals surface area contributed by atoms with Crippen molar-refractivity contribution in [2.75, 3.05) is 4.90 Å². The third-order valence-electron chi connectivity index (χ3n) is 13.5. The maximum atomic E-state index is 6.51. The topological polar surface area (TPSA) is 21.3 Å². The normalized spacial score (nSPS) is 12.5. The van der Waals surface area contributed by atoms with Crippen LogP contribution in [0, 0.1) is 6.92 Å². The fraction of sp³-hybridized carbons (Fsp3) is 0.0294. The summed E-state index contributed by atoms with van der Waals surface area (Å²) in [5, 5.41) is 6.89. The first-order valence-corrected chi connectivity index (χ1v) is 24.2. The molecule has 0 fully saturated rings. The summed E-state index contributed by atoms with van der Waals surface area (Å²) in [6, 6.07) is 69.2. The van der Waals surface area contributed by atoms with Crippen molar-refractivity contribution < 1.29 is 4.42 Å². The fourth-order valence-electron chi connectivity index (χ4n) is 10.0. The monoisotopic (exact) mass is 912 g/mol. The second-order valence-corrected chi connectivity index (χ2v) is 17.8. The molecule has 0 bridgehead atoms. The first-order chi connectivity index (χ1) is 35.0. The van der Waals surface area contributed by atoms with Crippen molar-refractivity contribution in [3.05, 3.63) is 284 Å². The minimum Gasteiger partial charge on any atom is -0.455 e. The van der Waals surface area contributed by atoms with Gasteiger partial charge in [-0.15, -0.1) is 0 Å². The first-order valence-electron chi connectivity index (χ1n) is 24.2. The van der Waals surface area contributed by atoms with Crippen molar-refractivity contribution in [2.45, 2.75) is 13.8 Å². The molecular weight excluding hydrogens is 861 g/mol. The zero-order chi connectivity index (χ0) is 48.3. The summed E-state index contributed by atoms with van der Waals surface area (Å²) in [4.78, 5) is 2.23.